The summed E-state index contributed by atoms with van der Waals surface area (Å²) in [5.41, 5.74) is 4.71. The normalized spacial score (nSPS) is 14.4. The summed E-state index contributed by atoms with van der Waals surface area (Å²) in [6.45, 7) is 3.98. The van der Waals surface area contributed by atoms with Crippen LogP contribution in [0.1, 0.15) is 28.5 Å². The van der Waals surface area contributed by atoms with Gasteiger partial charge in [0.2, 0.25) is 0 Å². The van der Waals surface area contributed by atoms with Crippen molar-refractivity contribution in [3.8, 4) is 22.7 Å². The molecular formula is C29H24FN3O3. The highest BCUT2D eigenvalue weighted by molar-refractivity contribution is 5.98. The highest BCUT2D eigenvalue weighted by atomic mass is 19.1. The molecule has 0 spiro atoms. The standard InChI is InChI=1S/C29H24FN3O3/c1-16-9-12-18(13-10-16)24-23-25(31(3)29(35)32(4)28(23)34)26-27(19-7-5-6-8-20(19)30)36-22-14-11-17(2)15-21(22)33(24)26/h5-15,27H,1-4H3/t27-/m0/s1. The molecule has 0 radical (unpaired) electrons. The van der Waals surface area contributed by atoms with Crippen molar-refractivity contribution in [2.24, 2.45) is 14.1 Å². The van der Waals surface area contributed by atoms with E-state index in [-0.39, 0.29) is 0 Å². The Morgan fingerprint density at radius 3 is 2.28 bits per heavy atom. The maximum atomic E-state index is 15.2. The van der Waals surface area contributed by atoms with Crippen LogP contribution in [-0.4, -0.2) is 13.7 Å². The molecule has 2 aromatic heterocycles. The van der Waals surface area contributed by atoms with Crippen molar-refractivity contribution in [2.45, 2.75) is 20.0 Å². The number of benzene rings is 3. The Morgan fingerprint density at radius 1 is 0.861 bits per heavy atom. The second-order valence-corrected chi connectivity index (χ2v) is 9.36. The fourth-order valence-corrected chi connectivity index (χ4v) is 5.16. The van der Waals surface area contributed by atoms with Crippen LogP contribution in [0.5, 0.6) is 5.75 Å². The largest absolute Gasteiger partial charge is 0.477 e. The molecule has 5 aromatic rings. The van der Waals surface area contributed by atoms with Crippen LogP contribution in [0.4, 0.5) is 4.39 Å². The van der Waals surface area contributed by atoms with E-state index in [0.29, 0.717) is 33.6 Å². The number of halogens is 1. The van der Waals surface area contributed by atoms with Gasteiger partial charge in [-0.05, 0) is 43.2 Å². The summed E-state index contributed by atoms with van der Waals surface area (Å²) in [4.78, 5) is 26.8. The first-order chi connectivity index (χ1) is 17.3. The summed E-state index contributed by atoms with van der Waals surface area (Å²) in [7, 11) is 3.11. The lowest BCUT2D eigenvalue weighted by atomic mass is 10.0. The van der Waals surface area contributed by atoms with Crippen LogP contribution in [0.2, 0.25) is 0 Å². The summed E-state index contributed by atoms with van der Waals surface area (Å²) >= 11 is 0. The van der Waals surface area contributed by atoms with Crippen LogP contribution in [0.3, 0.4) is 0 Å². The van der Waals surface area contributed by atoms with Crippen LogP contribution in [0.25, 0.3) is 27.8 Å². The molecule has 36 heavy (non-hydrogen) atoms. The molecule has 3 heterocycles. The number of hydrogen-bond acceptors (Lipinski definition) is 3. The van der Waals surface area contributed by atoms with Crippen molar-refractivity contribution in [3.63, 3.8) is 0 Å². The Hall–Kier alpha value is -4.39. The maximum absolute atomic E-state index is 15.2. The minimum Gasteiger partial charge on any atom is -0.477 e. The lowest BCUT2D eigenvalue weighted by Gasteiger charge is -2.30. The lowest BCUT2D eigenvalue weighted by Crippen LogP contribution is -2.37. The number of aryl methyl sites for hydroxylation is 3. The molecule has 1 atom stereocenters. The predicted octanol–water partition coefficient (Wildman–Crippen LogP) is 4.93. The van der Waals surface area contributed by atoms with Gasteiger partial charge in [-0.15, -0.1) is 0 Å². The van der Waals surface area contributed by atoms with Crippen LogP contribution >= 0.6 is 0 Å². The van der Waals surface area contributed by atoms with Crippen molar-refractivity contribution in [1.29, 1.82) is 0 Å². The topological polar surface area (TPSA) is 58.2 Å². The first kappa shape index (κ1) is 22.1. The van der Waals surface area contributed by atoms with Crippen molar-refractivity contribution in [1.82, 2.24) is 13.7 Å². The van der Waals surface area contributed by atoms with Gasteiger partial charge in [0.05, 0.1) is 28.0 Å². The summed E-state index contributed by atoms with van der Waals surface area (Å²) in [6.07, 6.45) is -0.874. The second kappa shape index (κ2) is 7.81. The SMILES string of the molecule is Cc1ccc(-c2c3c(=O)n(C)c(=O)n(C)c3c3n2-c2cc(C)ccc2O[C@H]3c2ccccc2F)cc1. The summed E-state index contributed by atoms with van der Waals surface area (Å²) in [5, 5.41) is 0.387. The van der Waals surface area contributed by atoms with Gasteiger partial charge in [-0.25, -0.2) is 9.18 Å². The van der Waals surface area contributed by atoms with Gasteiger partial charge < -0.3 is 9.30 Å². The monoisotopic (exact) mass is 481 g/mol. The van der Waals surface area contributed by atoms with Gasteiger partial charge in [-0.2, -0.15) is 0 Å². The Morgan fingerprint density at radius 2 is 1.56 bits per heavy atom. The fraction of sp³-hybridized carbons (Fsp3) is 0.172. The third-order valence-corrected chi connectivity index (χ3v) is 6.97. The van der Waals surface area contributed by atoms with Gasteiger partial charge in [0, 0.05) is 19.7 Å². The first-order valence-electron chi connectivity index (χ1n) is 11.7. The molecule has 0 unspecified atom stereocenters. The number of hydrogen-bond donors (Lipinski definition) is 0. The van der Waals surface area contributed by atoms with E-state index in [2.05, 4.69) is 0 Å². The molecule has 0 bridgehead atoms. The van der Waals surface area contributed by atoms with E-state index < -0.39 is 23.2 Å². The zero-order valence-electron chi connectivity index (χ0n) is 20.4. The van der Waals surface area contributed by atoms with Crippen LogP contribution < -0.4 is 16.0 Å². The minimum absolute atomic E-state index is 0.327. The molecule has 7 heteroatoms. The fourth-order valence-electron chi connectivity index (χ4n) is 5.16. The van der Waals surface area contributed by atoms with Crippen molar-refractivity contribution in [3.05, 3.63) is 116 Å². The quantitative estimate of drug-likeness (QED) is 0.359. The number of fused-ring (bicyclic) bond motifs is 5. The third-order valence-electron chi connectivity index (χ3n) is 6.97. The third kappa shape index (κ3) is 3.02. The van der Waals surface area contributed by atoms with Crippen molar-refractivity contribution in [2.75, 3.05) is 0 Å². The average Bonchev–Trinajstić information content (AvgIpc) is 3.23. The minimum atomic E-state index is -0.874. The Balaban J connectivity index is 1.88. The molecule has 0 fully saturated rings. The molecule has 0 aliphatic carbocycles. The number of ether oxygens (including phenoxy) is 1. The average molecular weight is 482 g/mol. The molecule has 3 aromatic carbocycles. The zero-order chi connectivity index (χ0) is 25.3. The molecule has 1 aliphatic rings. The van der Waals surface area contributed by atoms with E-state index >= 15 is 4.39 Å². The first-order valence-corrected chi connectivity index (χ1v) is 11.7. The predicted molar refractivity (Wildman–Crippen MR) is 138 cm³/mol. The molecule has 6 nitrogen and oxygen atoms in total. The van der Waals surface area contributed by atoms with E-state index in [1.165, 1.54) is 17.7 Å². The van der Waals surface area contributed by atoms with Crippen LogP contribution in [0.15, 0.2) is 76.3 Å². The molecule has 0 saturated heterocycles. The Bertz CT molecular complexity index is 1810. The Kier molecular flexibility index (Phi) is 4.80. The van der Waals surface area contributed by atoms with E-state index in [0.717, 1.165) is 26.9 Å². The molecule has 0 N–H and O–H groups in total. The van der Waals surface area contributed by atoms with Gasteiger partial charge in [0.1, 0.15) is 11.6 Å². The smallest absolute Gasteiger partial charge is 0.331 e. The summed E-state index contributed by atoms with van der Waals surface area (Å²) in [6, 6.07) is 20.1. The summed E-state index contributed by atoms with van der Waals surface area (Å²) in [5.74, 6) is 0.140. The number of aromatic nitrogens is 3. The van der Waals surface area contributed by atoms with Gasteiger partial charge in [-0.1, -0.05) is 54.1 Å². The van der Waals surface area contributed by atoms with E-state index in [1.807, 2.05) is 60.9 Å². The van der Waals surface area contributed by atoms with Crippen molar-refractivity contribution < 1.29 is 9.13 Å². The van der Waals surface area contributed by atoms with Gasteiger partial charge in [0.15, 0.2) is 6.10 Å². The number of nitrogens with zero attached hydrogens (tertiary/aromatic N) is 3. The van der Waals surface area contributed by atoms with Gasteiger partial charge in [0.25, 0.3) is 5.56 Å². The molecule has 0 amide bonds. The molecule has 180 valence electrons. The highest BCUT2D eigenvalue weighted by Crippen LogP contribution is 2.47. The summed E-state index contributed by atoms with van der Waals surface area (Å²) < 4.78 is 26.2. The van der Waals surface area contributed by atoms with Crippen LogP contribution in [0, 0.1) is 19.7 Å². The highest BCUT2D eigenvalue weighted by Gasteiger charge is 2.37. The molecule has 1 aliphatic heterocycles. The van der Waals surface area contributed by atoms with E-state index in [1.54, 1.807) is 25.2 Å². The number of rotatable bonds is 2. The Labute approximate surface area is 206 Å². The maximum Gasteiger partial charge on any atom is 0.331 e. The van der Waals surface area contributed by atoms with E-state index in [9.17, 15) is 9.59 Å². The van der Waals surface area contributed by atoms with Crippen molar-refractivity contribution >= 4 is 10.9 Å². The second-order valence-electron chi connectivity index (χ2n) is 9.36. The molecular weight excluding hydrogens is 457 g/mol. The lowest BCUT2D eigenvalue weighted by molar-refractivity contribution is 0.224. The van der Waals surface area contributed by atoms with Gasteiger partial charge in [-0.3, -0.25) is 13.9 Å². The molecule has 0 saturated carbocycles. The zero-order valence-corrected chi connectivity index (χ0v) is 20.4. The van der Waals surface area contributed by atoms with E-state index in [4.69, 9.17) is 4.74 Å². The van der Waals surface area contributed by atoms with Crippen LogP contribution in [-0.2, 0) is 14.1 Å². The molecule has 6 rings (SSSR count). The van der Waals surface area contributed by atoms with Gasteiger partial charge >= 0.3 is 5.69 Å².